The third kappa shape index (κ3) is 3.14. The summed E-state index contributed by atoms with van der Waals surface area (Å²) in [6.07, 6.45) is 1.35. The van der Waals surface area contributed by atoms with Gasteiger partial charge in [-0.05, 0) is 41.4 Å². The topological polar surface area (TPSA) is 75.1 Å². The zero-order valence-corrected chi connectivity index (χ0v) is 12.1. The number of carbonyl (C=O) groups is 1. The number of H-pyrrole nitrogens is 1. The molecule has 2 aromatic rings. The monoisotopic (exact) mass is 324 g/mol. The molecule has 0 unspecified atom stereocenters. The average molecular weight is 325 g/mol. The minimum atomic E-state index is -0.283. The highest BCUT2D eigenvalue weighted by Crippen LogP contribution is 2.14. The number of hydrogen-bond donors (Lipinski definition) is 2. The first kappa shape index (κ1) is 13.6. The van der Waals surface area contributed by atoms with E-state index in [0.29, 0.717) is 15.8 Å². The molecule has 0 fully saturated rings. The zero-order chi connectivity index (χ0) is 14.0. The molecule has 0 bridgehead atoms. The highest BCUT2D eigenvalue weighted by Gasteiger charge is 2.11. The van der Waals surface area contributed by atoms with Crippen molar-refractivity contribution in [3.63, 3.8) is 0 Å². The number of hydrogen-bond acceptors (Lipinski definition) is 3. The number of amides is 1. The molecule has 0 saturated heterocycles. The van der Waals surface area contributed by atoms with Gasteiger partial charge in [0.1, 0.15) is 6.26 Å². The van der Waals surface area contributed by atoms with Gasteiger partial charge in [-0.15, -0.1) is 0 Å². The smallest absolute Gasteiger partial charge is 0.254 e. The van der Waals surface area contributed by atoms with Crippen molar-refractivity contribution in [1.29, 1.82) is 0 Å². The number of furan rings is 1. The number of aryl methyl sites for hydroxylation is 2. The van der Waals surface area contributed by atoms with Gasteiger partial charge < -0.3 is 14.7 Å². The van der Waals surface area contributed by atoms with Gasteiger partial charge in [0.25, 0.3) is 11.5 Å². The summed E-state index contributed by atoms with van der Waals surface area (Å²) >= 11 is 3.13. The summed E-state index contributed by atoms with van der Waals surface area (Å²) in [5, 5.41) is 2.69. The molecule has 0 saturated carbocycles. The highest BCUT2D eigenvalue weighted by atomic mass is 79.9. The predicted octanol–water partition coefficient (Wildman–Crippen LogP) is 2.28. The van der Waals surface area contributed by atoms with Gasteiger partial charge in [0.2, 0.25) is 0 Å². The van der Waals surface area contributed by atoms with Crippen molar-refractivity contribution >= 4 is 21.8 Å². The van der Waals surface area contributed by atoms with E-state index in [2.05, 4.69) is 26.2 Å². The average Bonchev–Trinajstić information content (AvgIpc) is 2.74. The number of rotatable bonds is 3. The van der Waals surface area contributed by atoms with Gasteiger partial charge in [-0.25, -0.2) is 0 Å². The Morgan fingerprint density at radius 3 is 2.74 bits per heavy atom. The molecule has 0 aliphatic heterocycles. The molecule has 2 heterocycles. The largest absolute Gasteiger partial charge is 0.457 e. The van der Waals surface area contributed by atoms with Crippen molar-refractivity contribution in [2.75, 3.05) is 0 Å². The Hall–Kier alpha value is -1.82. The second kappa shape index (κ2) is 5.44. The molecule has 0 radical (unpaired) electrons. The number of aromatic nitrogens is 1. The van der Waals surface area contributed by atoms with Crippen LogP contribution in [0.2, 0.25) is 0 Å². The SMILES string of the molecule is Cc1cc(C)c(CNC(=O)c2coc(Br)c2)c(=O)[nH]1. The number of aromatic amines is 1. The van der Waals surface area contributed by atoms with Crippen molar-refractivity contribution in [3.05, 3.63) is 55.8 Å². The molecule has 2 aromatic heterocycles. The van der Waals surface area contributed by atoms with E-state index in [9.17, 15) is 9.59 Å². The lowest BCUT2D eigenvalue weighted by Gasteiger charge is -2.07. The molecule has 2 N–H and O–H groups in total. The van der Waals surface area contributed by atoms with Crippen molar-refractivity contribution in [2.45, 2.75) is 20.4 Å². The van der Waals surface area contributed by atoms with E-state index in [1.54, 1.807) is 6.07 Å². The van der Waals surface area contributed by atoms with Crippen molar-refractivity contribution in [2.24, 2.45) is 0 Å². The Labute approximate surface area is 118 Å². The summed E-state index contributed by atoms with van der Waals surface area (Å²) in [6, 6.07) is 3.44. The summed E-state index contributed by atoms with van der Waals surface area (Å²) in [6.45, 7) is 3.85. The fourth-order valence-corrected chi connectivity index (χ4v) is 2.14. The number of nitrogens with one attached hydrogen (secondary N) is 2. The Kier molecular flexibility index (Phi) is 3.90. The lowest BCUT2D eigenvalue weighted by Crippen LogP contribution is -2.27. The second-order valence-electron chi connectivity index (χ2n) is 4.27. The Bertz CT molecular complexity index is 673. The van der Waals surface area contributed by atoms with Gasteiger partial charge in [0.05, 0.1) is 5.56 Å². The Morgan fingerprint density at radius 2 is 2.16 bits per heavy atom. The summed E-state index contributed by atoms with van der Waals surface area (Å²) in [7, 11) is 0. The van der Waals surface area contributed by atoms with E-state index in [1.165, 1.54) is 6.26 Å². The maximum atomic E-state index is 11.8. The van der Waals surface area contributed by atoms with Gasteiger partial charge in [0, 0.05) is 23.9 Å². The molecule has 5 nitrogen and oxygen atoms in total. The van der Waals surface area contributed by atoms with Crippen LogP contribution in [-0.4, -0.2) is 10.9 Å². The normalized spacial score (nSPS) is 10.5. The zero-order valence-electron chi connectivity index (χ0n) is 10.5. The summed E-state index contributed by atoms with van der Waals surface area (Å²) in [5.74, 6) is -0.283. The van der Waals surface area contributed by atoms with Crippen LogP contribution in [0.4, 0.5) is 0 Å². The van der Waals surface area contributed by atoms with Crippen molar-refractivity contribution in [1.82, 2.24) is 10.3 Å². The summed E-state index contributed by atoms with van der Waals surface area (Å²) in [4.78, 5) is 26.3. The molecule has 0 aromatic carbocycles. The maximum Gasteiger partial charge on any atom is 0.254 e. The molecular formula is C13H13BrN2O3. The summed E-state index contributed by atoms with van der Waals surface area (Å²) < 4.78 is 5.48. The van der Waals surface area contributed by atoms with E-state index < -0.39 is 0 Å². The first-order chi connectivity index (χ1) is 8.97. The van der Waals surface area contributed by atoms with Crippen LogP contribution in [-0.2, 0) is 6.54 Å². The Morgan fingerprint density at radius 1 is 1.42 bits per heavy atom. The van der Waals surface area contributed by atoms with E-state index in [-0.39, 0.29) is 18.0 Å². The molecule has 6 heteroatoms. The highest BCUT2D eigenvalue weighted by molar-refractivity contribution is 9.10. The third-order valence-electron chi connectivity index (χ3n) is 2.75. The van der Waals surface area contributed by atoms with Gasteiger partial charge >= 0.3 is 0 Å². The molecule has 19 heavy (non-hydrogen) atoms. The molecule has 0 aliphatic carbocycles. The molecule has 0 spiro atoms. The van der Waals surface area contributed by atoms with Gasteiger partial charge in [0.15, 0.2) is 4.67 Å². The van der Waals surface area contributed by atoms with Crippen LogP contribution in [0.1, 0.15) is 27.2 Å². The van der Waals surface area contributed by atoms with E-state index in [4.69, 9.17) is 4.42 Å². The first-order valence-corrected chi connectivity index (χ1v) is 6.48. The molecule has 1 amide bonds. The van der Waals surface area contributed by atoms with Crippen LogP contribution in [0.15, 0.2) is 32.3 Å². The van der Waals surface area contributed by atoms with Crippen LogP contribution in [0.5, 0.6) is 0 Å². The second-order valence-corrected chi connectivity index (χ2v) is 5.05. The van der Waals surface area contributed by atoms with Crippen molar-refractivity contribution < 1.29 is 9.21 Å². The van der Waals surface area contributed by atoms with Crippen LogP contribution < -0.4 is 10.9 Å². The number of carbonyl (C=O) groups excluding carboxylic acids is 1. The molecule has 100 valence electrons. The van der Waals surface area contributed by atoms with E-state index in [1.807, 2.05) is 19.9 Å². The molecule has 2 rings (SSSR count). The van der Waals surface area contributed by atoms with Crippen LogP contribution in [0, 0.1) is 13.8 Å². The Balaban J connectivity index is 2.11. The van der Waals surface area contributed by atoms with Gasteiger partial charge in [-0.1, -0.05) is 0 Å². The minimum Gasteiger partial charge on any atom is -0.457 e. The fourth-order valence-electron chi connectivity index (χ4n) is 1.80. The standard InChI is InChI=1S/C13H13BrN2O3/c1-7-3-8(2)16-13(18)10(7)5-15-12(17)9-4-11(14)19-6-9/h3-4,6H,5H2,1-2H3,(H,15,17)(H,16,18). The number of pyridine rings is 1. The fraction of sp³-hybridized carbons (Fsp3) is 0.231. The van der Waals surface area contributed by atoms with Gasteiger partial charge in [-0.3, -0.25) is 9.59 Å². The lowest BCUT2D eigenvalue weighted by atomic mass is 10.1. The first-order valence-electron chi connectivity index (χ1n) is 5.69. The number of halogens is 1. The molecule has 0 aliphatic rings. The predicted molar refractivity (Wildman–Crippen MR) is 74.1 cm³/mol. The van der Waals surface area contributed by atoms with Gasteiger partial charge in [-0.2, -0.15) is 0 Å². The van der Waals surface area contributed by atoms with Crippen LogP contribution in [0.3, 0.4) is 0 Å². The minimum absolute atomic E-state index is 0.175. The molecule has 0 atom stereocenters. The van der Waals surface area contributed by atoms with Crippen LogP contribution >= 0.6 is 15.9 Å². The van der Waals surface area contributed by atoms with E-state index >= 15 is 0 Å². The van der Waals surface area contributed by atoms with E-state index in [0.717, 1.165) is 11.3 Å². The van der Waals surface area contributed by atoms with Crippen molar-refractivity contribution in [3.8, 4) is 0 Å². The molecular weight excluding hydrogens is 312 g/mol. The van der Waals surface area contributed by atoms with Crippen LogP contribution in [0.25, 0.3) is 0 Å². The maximum absolute atomic E-state index is 11.8. The lowest BCUT2D eigenvalue weighted by molar-refractivity contribution is 0.0950. The summed E-state index contributed by atoms with van der Waals surface area (Å²) in [5.41, 5.74) is 2.45. The third-order valence-corrected chi connectivity index (χ3v) is 3.17. The quantitative estimate of drug-likeness (QED) is 0.909.